The molecule has 184 valence electrons. The molecule has 0 unspecified atom stereocenters. The van der Waals surface area contributed by atoms with E-state index in [2.05, 4.69) is 38.7 Å². The molecule has 0 saturated carbocycles. The molecule has 0 saturated heterocycles. The van der Waals surface area contributed by atoms with Crippen molar-refractivity contribution in [2.24, 2.45) is 0 Å². The van der Waals surface area contributed by atoms with Gasteiger partial charge in [-0.1, -0.05) is 43.5 Å². The van der Waals surface area contributed by atoms with Gasteiger partial charge in [-0.2, -0.15) is 28.1 Å². The Labute approximate surface area is 200 Å². The van der Waals surface area contributed by atoms with Crippen molar-refractivity contribution in [3.63, 3.8) is 0 Å². The lowest BCUT2D eigenvalue weighted by molar-refractivity contribution is -0.154. The van der Waals surface area contributed by atoms with Gasteiger partial charge in [-0.05, 0) is 29.8 Å². The molecule has 2 N–H and O–H groups in total. The second-order valence-electron chi connectivity index (χ2n) is 7.02. The molecule has 0 fully saturated rings. The number of alkyl halides is 3. The van der Waals surface area contributed by atoms with Crippen LogP contribution in [0.5, 0.6) is 17.5 Å². The molecule has 3 aromatic rings. The number of nitrogens with zero attached hydrogens (tertiary/aromatic N) is 3. The molecule has 0 aliphatic heterocycles. The number of rotatable bonds is 13. The van der Waals surface area contributed by atoms with Crippen LogP contribution >= 0.6 is 0 Å². The summed E-state index contributed by atoms with van der Waals surface area (Å²) >= 11 is 0. The van der Waals surface area contributed by atoms with Crippen LogP contribution in [0.15, 0.2) is 73.8 Å². The third-order valence-electron chi connectivity index (χ3n) is 4.18. The number of benzene rings is 2. The quantitative estimate of drug-likeness (QED) is 0.314. The Kier molecular flexibility index (Phi) is 8.88. The van der Waals surface area contributed by atoms with E-state index in [4.69, 9.17) is 14.2 Å². The maximum atomic E-state index is 12.7. The highest BCUT2D eigenvalue weighted by molar-refractivity contribution is 5.56. The average molecular weight is 487 g/mol. The lowest BCUT2D eigenvalue weighted by Gasteiger charge is -2.12. The summed E-state index contributed by atoms with van der Waals surface area (Å²) in [4.78, 5) is 12.1. The van der Waals surface area contributed by atoms with Crippen LogP contribution < -0.4 is 24.8 Å². The average Bonchev–Trinajstić information content (AvgIpc) is 2.84. The maximum absolute atomic E-state index is 12.7. The Morgan fingerprint density at radius 2 is 1.51 bits per heavy atom. The summed E-state index contributed by atoms with van der Waals surface area (Å²) in [5.74, 6) is 1.28. The maximum Gasteiger partial charge on any atom is 0.422 e. The van der Waals surface area contributed by atoms with E-state index in [1.165, 1.54) is 0 Å². The zero-order valence-electron chi connectivity index (χ0n) is 18.7. The molecule has 0 aliphatic carbocycles. The highest BCUT2D eigenvalue weighted by atomic mass is 19.4. The zero-order chi connectivity index (χ0) is 25.1. The third-order valence-corrected chi connectivity index (χ3v) is 4.18. The fourth-order valence-corrected chi connectivity index (χ4v) is 2.69. The standard InChI is InChI=1S/C24H24F3N5O3/c1-3-12-33-19-10-8-17(9-11-19)15-28-21-30-22(32-23(31-21)35-16-24(25,26)27)29-18-6-5-7-20(14-18)34-13-4-2/h3-11,14H,1-2,12-13,15-16H2,(H2,28,29,30,31,32). The van der Waals surface area contributed by atoms with E-state index in [-0.39, 0.29) is 11.9 Å². The van der Waals surface area contributed by atoms with E-state index in [9.17, 15) is 13.2 Å². The molecule has 3 rings (SSSR count). The van der Waals surface area contributed by atoms with Gasteiger partial charge in [0.2, 0.25) is 11.9 Å². The summed E-state index contributed by atoms with van der Waals surface area (Å²) in [5.41, 5.74) is 1.43. The largest absolute Gasteiger partial charge is 0.490 e. The molecule has 8 nitrogen and oxygen atoms in total. The summed E-state index contributed by atoms with van der Waals surface area (Å²) in [7, 11) is 0. The number of ether oxygens (including phenoxy) is 3. The van der Waals surface area contributed by atoms with Crippen LogP contribution in [0.2, 0.25) is 0 Å². The Bertz CT molecular complexity index is 1120. The van der Waals surface area contributed by atoms with Crippen molar-refractivity contribution in [1.82, 2.24) is 15.0 Å². The van der Waals surface area contributed by atoms with E-state index in [1.807, 2.05) is 12.1 Å². The number of aromatic nitrogens is 3. The monoisotopic (exact) mass is 487 g/mol. The van der Waals surface area contributed by atoms with Gasteiger partial charge in [0.05, 0.1) is 0 Å². The van der Waals surface area contributed by atoms with Crippen molar-refractivity contribution in [1.29, 1.82) is 0 Å². The second-order valence-corrected chi connectivity index (χ2v) is 7.02. The van der Waals surface area contributed by atoms with Gasteiger partial charge in [0.1, 0.15) is 24.7 Å². The smallest absolute Gasteiger partial charge is 0.422 e. The van der Waals surface area contributed by atoms with Crippen molar-refractivity contribution in [2.45, 2.75) is 12.7 Å². The molecule has 0 radical (unpaired) electrons. The fraction of sp³-hybridized carbons (Fsp3) is 0.208. The van der Waals surface area contributed by atoms with Crippen molar-refractivity contribution in [3.05, 3.63) is 79.4 Å². The number of halogens is 3. The van der Waals surface area contributed by atoms with Crippen LogP contribution in [0.3, 0.4) is 0 Å². The Balaban J connectivity index is 1.75. The fourth-order valence-electron chi connectivity index (χ4n) is 2.69. The van der Waals surface area contributed by atoms with Gasteiger partial charge in [-0.15, -0.1) is 0 Å². The third kappa shape index (κ3) is 8.88. The highest BCUT2D eigenvalue weighted by Gasteiger charge is 2.29. The summed E-state index contributed by atoms with van der Waals surface area (Å²) in [6.07, 6.45) is -1.29. The first-order chi connectivity index (χ1) is 16.8. The Morgan fingerprint density at radius 3 is 2.20 bits per heavy atom. The Morgan fingerprint density at radius 1 is 0.829 bits per heavy atom. The SMILES string of the molecule is C=CCOc1ccc(CNc2nc(Nc3cccc(OCC=C)c3)nc(OCC(F)(F)F)n2)cc1. The molecule has 1 aromatic heterocycles. The predicted octanol–water partition coefficient (Wildman–Crippen LogP) is 5.30. The molecular formula is C24H24F3N5O3. The minimum atomic E-state index is -4.54. The van der Waals surface area contributed by atoms with E-state index < -0.39 is 18.8 Å². The van der Waals surface area contributed by atoms with E-state index in [0.29, 0.717) is 36.9 Å². The number of nitrogens with one attached hydrogen (secondary N) is 2. The van der Waals surface area contributed by atoms with Crippen molar-refractivity contribution < 1.29 is 27.4 Å². The lowest BCUT2D eigenvalue weighted by Crippen LogP contribution is -2.21. The lowest BCUT2D eigenvalue weighted by atomic mass is 10.2. The highest BCUT2D eigenvalue weighted by Crippen LogP contribution is 2.23. The molecule has 0 spiro atoms. The minimum absolute atomic E-state index is 0.00582. The summed E-state index contributed by atoms with van der Waals surface area (Å²) in [6.45, 7) is 6.67. The number of anilines is 3. The topological polar surface area (TPSA) is 90.4 Å². The van der Waals surface area contributed by atoms with Gasteiger partial charge in [0, 0.05) is 18.3 Å². The number of hydrogen-bond donors (Lipinski definition) is 2. The molecule has 0 aliphatic rings. The number of hydrogen-bond acceptors (Lipinski definition) is 8. The molecule has 0 atom stereocenters. The van der Waals surface area contributed by atoms with Crippen LogP contribution in [-0.4, -0.2) is 40.9 Å². The summed E-state index contributed by atoms with van der Waals surface area (Å²) in [5, 5.41) is 5.90. The molecule has 1 heterocycles. The van der Waals surface area contributed by atoms with Gasteiger partial charge < -0.3 is 24.8 Å². The van der Waals surface area contributed by atoms with Gasteiger partial charge in [0.25, 0.3) is 0 Å². The van der Waals surface area contributed by atoms with E-state index >= 15 is 0 Å². The molecule has 11 heteroatoms. The van der Waals surface area contributed by atoms with Gasteiger partial charge in [-0.25, -0.2) is 0 Å². The first kappa shape index (κ1) is 25.3. The van der Waals surface area contributed by atoms with Crippen molar-refractivity contribution in [3.8, 4) is 17.5 Å². The predicted molar refractivity (Wildman–Crippen MR) is 126 cm³/mol. The van der Waals surface area contributed by atoms with Gasteiger partial charge >= 0.3 is 12.2 Å². The van der Waals surface area contributed by atoms with Gasteiger partial charge in [0.15, 0.2) is 6.61 Å². The van der Waals surface area contributed by atoms with Crippen molar-refractivity contribution in [2.75, 3.05) is 30.5 Å². The molecule has 0 bridgehead atoms. The van der Waals surface area contributed by atoms with Crippen LogP contribution in [0, 0.1) is 0 Å². The van der Waals surface area contributed by atoms with E-state index in [0.717, 1.165) is 5.56 Å². The van der Waals surface area contributed by atoms with Gasteiger partial charge in [-0.3, -0.25) is 0 Å². The van der Waals surface area contributed by atoms with E-state index in [1.54, 1.807) is 48.6 Å². The van der Waals surface area contributed by atoms with Crippen molar-refractivity contribution >= 4 is 17.6 Å². The second kappa shape index (κ2) is 12.3. The minimum Gasteiger partial charge on any atom is -0.490 e. The van der Waals surface area contributed by atoms with Crippen LogP contribution in [0.4, 0.5) is 30.8 Å². The molecule has 0 amide bonds. The first-order valence-electron chi connectivity index (χ1n) is 10.5. The van der Waals surface area contributed by atoms with Crippen LogP contribution in [0.25, 0.3) is 0 Å². The van der Waals surface area contributed by atoms with Crippen LogP contribution in [-0.2, 0) is 6.54 Å². The molecular weight excluding hydrogens is 463 g/mol. The molecule has 2 aromatic carbocycles. The normalized spacial score (nSPS) is 10.8. The zero-order valence-corrected chi connectivity index (χ0v) is 18.7. The Hall–Kier alpha value is -4.28. The van der Waals surface area contributed by atoms with Crippen LogP contribution in [0.1, 0.15) is 5.56 Å². The first-order valence-corrected chi connectivity index (χ1v) is 10.5. The molecule has 35 heavy (non-hydrogen) atoms. The summed E-state index contributed by atoms with van der Waals surface area (Å²) in [6, 6.07) is 13.7. The summed E-state index contributed by atoms with van der Waals surface area (Å²) < 4.78 is 53.6.